The van der Waals surface area contributed by atoms with Crippen molar-refractivity contribution in [2.75, 3.05) is 6.54 Å². The van der Waals surface area contributed by atoms with Crippen LogP contribution in [-0.4, -0.2) is 21.5 Å². The number of nitrogens with one attached hydrogen (secondary N) is 1. The average molecular weight is 378 g/mol. The van der Waals surface area contributed by atoms with E-state index in [4.69, 9.17) is 16.6 Å². The fraction of sp³-hybridized carbons (Fsp3) is 0.273. The first-order valence-corrected chi connectivity index (χ1v) is 9.67. The summed E-state index contributed by atoms with van der Waals surface area (Å²) in [5.74, 6) is 2.25. The summed E-state index contributed by atoms with van der Waals surface area (Å²) in [4.78, 5) is 6.79. The Morgan fingerprint density at radius 1 is 1.07 bits per heavy atom. The van der Waals surface area contributed by atoms with Gasteiger partial charge in [0.25, 0.3) is 0 Å². The molecule has 2 aromatic heterocycles. The van der Waals surface area contributed by atoms with Crippen molar-refractivity contribution in [2.24, 2.45) is 5.92 Å². The zero-order chi connectivity index (χ0) is 18.8. The monoisotopic (exact) mass is 377 g/mol. The number of rotatable bonds is 5. The van der Waals surface area contributed by atoms with Crippen molar-refractivity contribution in [1.29, 1.82) is 0 Å². The maximum Gasteiger partial charge on any atom is 0.170 e. The lowest BCUT2D eigenvalue weighted by molar-refractivity contribution is 0.253. The highest BCUT2D eigenvalue weighted by Gasteiger charge is 2.41. The molecule has 3 heterocycles. The summed E-state index contributed by atoms with van der Waals surface area (Å²) in [6, 6.07) is 20.2. The van der Waals surface area contributed by atoms with Gasteiger partial charge in [-0.1, -0.05) is 50.2 Å². The molecular formula is C22H23N3OS. The maximum atomic E-state index is 6.30. The molecule has 1 N–H and O–H groups in total. The first-order valence-electron chi connectivity index (χ1n) is 9.26. The molecule has 0 radical (unpaired) electrons. The first-order chi connectivity index (χ1) is 13.1. The summed E-state index contributed by atoms with van der Waals surface area (Å²) in [7, 11) is 0. The van der Waals surface area contributed by atoms with Crippen molar-refractivity contribution in [2.45, 2.75) is 25.9 Å². The van der Waals surface area contributed by atoms with Crippen LogP contribution in [0.1, 0.15) is 37.4 Å². The molecule has 0 unspecified atom stereocenters. The Kier molecular flexibility index (Phi) is 4.94. The fourth-order valence-electron chi connectivity index (χ4n) is 3.57. The zero-order valence-electron chi connectivity index (χ0n) is 15.5. The van der Waals surface area contributed by atoms with E-state index in [9.17, 15) is 0 Å². The minimum atomic E-state index is -0.0350. The third-order valence-electron chi connectivity index (χ3n) is 4.74. The molecule has 1 aromatic carbocycles. The lowest BCUT2D eigenvalue weighted by Crippen LogP contribution is -2.32. The Bertz CT molecular complexity index is 908. The van der Waals surface area contributed by atoms with Gasteiger partial charge in [-0.05, 0) is 42.4 Å². The van der Waals surface area contributed by atoms with Gasteiger partial charge in [0.15, 0.2) is 5.11 Å². The number of hydrogen-bond donors (Lipinski definition) is 1. The maximum absolute atomic E-state index is 6.30. The molecule has 1 saturated heterocycles. The number of furan rings is 1. The lowest BCUT2D eigenvalue weighted by Gasteiger charge is -2.27. The summed E-state index contributed by atoms with van der Waals surface area (Å²) in [5, 5.41) is 4.21. The molecule has 5 heteroatoms. The zero-order valence-corrected chi connectivity index (χ0v) is 16.3. The molecule has 0 amide bonds. The van der Waals surface area contributed by atoms with Gasteiger partial charge in [0.1, 0.15) is 17.6 Å². The van der Waals surface area contributed by atoms with Crippen molar-refractivity contribution in [1.82, 2.24) is 15.2 Å². The van der Waals surface area contributed by atoms with Gasteiger partial charge in [-0.15, -0.1) is 0 Å². The third-order valence-corrected chi connectivity index (χ3v) is 5.09. The van der Waals surface area contributed by atoms with Crippen LogP contribution in [0.4, 0.5) is 0 Å². The standard InChI is InChI=1S/C22H23N3OS/c1-15(2)14-25-21(20(24-22(25)27)17-10-6-7-13-23-17)19-12-11-18(26-19)16-8-4-3-5-9-16/h3-13,15,20-21H,14H2,1-2H3,(H,24,27)/t20-,21-/m1/s1. The molecule has 27 heavy (non-hydrogen) atoms. The van der Waals surface area contributed by atoms with Gasteiger partial charge in [0.2, 0.25) is 0 Å². The van der Waals surface area contributed by atoms with E-state index in [2.05, 4.69) is 47.2 Å². The minimum Gasteiger partial charge on any atom is -0.459 e. The summed E-state index contributed by atoms with van der Waals surface area (Å²) in [6.45, 7) is 5.26. The van der Waals surface area contributed by atoms with Crippen molar-refractivity contribution >= 4 is 17.3 Å². The van der Waals surface area contributed by atoms with Crippen molar-refractivity contribution in [3.63, 3.8) is 0 Å². The van der Waals surface area contributed by atoms with Gasteiger partial charge in [-0.3, -0.25) is 4.98 Å². The molecule has 0 bridgehead atoms. The number of benzene rings is 1. The third kappa shape index (κ3) is 3.60. The van der Waals surface area contributed by atoms with Crippen LogP contribution < -0.4 is 5.32 Å². The topological polar surface area (TPSA) is 41.3 Å². The van der Waals surface area contributed by atoms with E-state index in [1.165, 1.54) is 0 Å². The second-order valence-electron chi connectivity index (χ2n) is 7.24. The van der Waals surface area contributed by atoms with E-state index in [0.717, 1.165) is 34.4 Å². The van der Waals surface area contributed by atoms with Gasteiger partial charge in [0.05, 0.1) is 11.7 Å². The van der Waals surface area contributed by atoms with Crippen LogP contribution in [0, 0.1) is 5.92 Å². The van der Waals surface area contributed by atoms with E-state index in [1.54, 1.807) is 0 Å². The van der Waals surface area contributed by atoms with Crippen molar-refractivity contribution in [3.8, 4) is 11.3 Å². The van der Waals surface area contributed by atoms with Crippen molar-refractivity contribution < 1.29 is 4.42 Å². The summed E-state index contributed by atoms with van der Waals surface area (Å²) in [6.07, 6.45) is 1.82. The van der Waals surface area contributed by atoms with Crippen LogP contribution in [0.15, 0.2) is 71.3 Å². The SMILES string of the molecule is CC(C)CN1C(=S)N[C@H](c2ccccn2)[C@H]1c1ccc(-c2ccccc2)o1. The van der Waals surface area contributed by atoms with E-state index >= 15 is 0 Å². The van der Waals surface area contributed by atoms with Gasteiger partial charge in [0, 0.05) is 18.3 Å². The number of pyridine rings is 1. The van der Waals surface area contributed by atoms with Crippen molar-refractivity contribution in [3.05, 3.63) is 78.3 Å². The molecule has 4 nitrogen and oxygen atoms in total. The summed E-state index contributed by atoms with van der Waals surface area (Å²) >= 11 is 5.66. The number of hydrogen-bond acceptors (Lipinski definition) is 3. The molecule has 1 aliphatic rings. The molecule has 1 aliphatic heterocycles. The molecular weight excluding hydrogens is 354 g/mol. The largest absolute Gasteiger partial charge is 0.459 e. The molecule has 4 rings (SSSR count). The van der Waals surface area contributed by atoms with E-state index in [-0.39, 0.29) is 12.1 Å². The first kappa shape index (κ1) is 17.7. The molecule has 3 aromatic rings. The number of nitrogens with zero attached hydrogens (tertiary/aromatic N) is 2. The average Bonchev–Trinajstić information content (AvgIpc) is 3.28. The predicted octanol–water partition coefficient (Wildman–Crippen LogP) is 4.97. The Labute approximate surface area is 165 Å². The second-order valence-corrected chi connectivity index (χ2v) is 7.63. The minimum absolute atomic E-state index is 0.0211. The van der Waals surface area contributed by atoms with E-state index in [1.807, 2.05) is 48.7 Å². The lowest BCUT2D eigenvalue weighted by atomic mass is 10.0. The van der Waals surface area contributed by atoms with Crippen LogP contribution in [0.3, 0.4) is 0 Å². The van der Waals surface area contributed by atoms with Gasteiger partial charge in [-0.25, -0.2) is 0 Å². The van der Waals surface area contributed by atoms with Crippen LogP contribution in [0.5, 0.6) is 0 Å². The fourth-order valence-corrected chi connectivity index (χ4v) is 3.89. The number of aromatic nitrogens is 1. The Morgan fingerprint density at radius 3 is 2.56 bits per heavy atom. The van der Waals surface area contributed by atoms with E-state index < -0.39 is 0 Å². The molecule has 0 spiro atoms. The molecule has 1 fully saturated rings. The van der Waals surface area contributed by atoms with Gasteiger partial charge >= 0.3 is 0 Å². The smallest absolute Gasteiger partial charge is 0.170 e. The van der Waals surface area contributed by atoms with Crippen LogP contribution in [0.2, 0.25) is 0 Å². The molecule has 2 atom stereocenters. The molecule has 0 saturated carbocycles. The second kappa shape index (κ2) is 7.53. The van der Waals surface area contributed by atoms with Gasteiger partial charge in [-0.2, -0.15) is 0 Å². The molecule has 0 aliphatic carbocycles. The summed E-state index contributed by atoms with van der Waals surface area (Å²) in [5.41, 5.74) is 2.04. The Balaban J connectivity index is 1.73. The molecule has 138 valence electrons. The van der Waals surface area contributed by atoms with Crippen LogP contribution in [0.25, 0.3) is 11.3 Å². The van der Waals surface area contributed by atoms with E-state index in [0.29, 0.717) is 5.92 Å². The predicted molar refractivity (Wildman–Crippen MR) is 111 cm³/mol. The highest BCUT2D eigenvalue weighted by atomic mass is 32.1. The highest BCUT2D eigenvalue weighted by molar-refractivity contribution is 7.80. The van der Waals surface area contributed by atoms with Crippen LogP contribution in [-0.2, 0) is 0 Å². The number of thiocarbonyl (C=S) groups is 1. The highest BCUT2D eigenvalue weighted by Crippen LogP contribution is 2.40. The van der Waals surface area contributed by atoms with Crippen LogP contribution >= 0.6 is 12.2 Å². The Morgan fingerprint density at radius 2 is 1.85 bits per heavy atom. The normalized spacial score (nSPS) is 19.5. The summed E-state index contributed by atoms with van der Waals surface area (Å²) < 4.78 is 6.30. The Hall–Kier alpha value is -2.66. The van der Waals surface area contributed by atoms with Gasteiger partial charge < -0.3 is 14.6 Å². The quantitative estimate of drug-likeness (QED) is 0.636.